The van der Waals surface area contributed by atoms with Crippen LogP contribution in [0.2, 0.25) is 0 Å². The average Bonchev–Trinajstić information content (AvgIpc) is 2.64. The monoisotopic (exact) mass is 286 g/mol. The predicted molar refractivity (Wildman–Crippen MR) is 68.2 cm³/mol. The summed E-state index contributed by atoms with van der Waals surface area (Å²) >= 11 is 0. The van der Waals surface area contributed by atoms with Crippen LogP contribution in [0.5, 0.6) is 0 Å². The highest BCUT2D eigenvalue weighted by Crippen LogP contribution is 2.29. The zero-order valence-electron chi connectivity index (χ0n) is 10.9. The van der Waals surface area contributed by atoms with Crippen LogP contribution in [-0.2, 0) is 0 Å². The van der Waals surface area contributed by atoms with Crippen molar-refractivity contribution >= 4 is 11.7 Å². The fourth-order valence-corrected chi connectivity index (χ4v) is 2.41. The lowest BCUT2D eigenvalue weighted by atomic mass is 10.00. The van der Waals surface area contributed by atoms with Crippen LogP contribution >= 0.6 is 0 Å². The van der Waals surface area contributed by atoms with Crippen LogP contribution in [0.15, 0.2) is 18.2 Å². The van der Waals surface area contributed by atoms with Crippen molar-refractivity contribution in [2.45, 2.75) is 25.0 Å². The van der Waals surface area contributed by atoms with Crippen LogP contribution in [-0.4, -0.2) is 45.9 Å². The average molecular weight is 286 g/mol. The molecule has 2 rings (SSSR count). The normalized spacial score (nSPS) is 25.9. The summed E-state index contributed by atoms with van der Waals surface area (Å²) < 4.78 is 26.1. The van der Waals surface area contributed by atoms with Crippen LogP contribution in [0.4, 0.5) is 19.3 Å². The van der Waals surface area contributed by atoms with E-state index in [2.05, 4.69) is 5.32 Å². The second kappa shape index (κ2) is 5.34. The standard InChI is InChI=1S/C13H16F2N2O3/c1-13(7-18)5-11(19)6-17(13)12(20)16-10-3-8(14)2-9(15)4-10/h2-4,11,18-19H,5-7H2,1H3,(H,16,20). The van der Waals surface area contributed by atoms with E-state index in [1.807, 2.05) is 0 Å². The zero-order valence-corrected chi connectivity index (χ0v) is 10.9. The molecule has 0 aliphatic carbocycles. The highest BCUT2D eigenvalue weighted by atomic mass is 19.1. The van der Waals surface area contributed by atoms with Gasteiger partial charge in [0.1, 0.15) is 11.6 Å². The summed E-state index contributed by atoms with van der Waals surface area (Å²) in [5.74, 6) is -1.60. The molecule has 20 heavy (non-hydrogen) atoms. The predicted octanol–water partition coefficient (Wildman–Crippen LogP) is 1.31. The van der Waals surface area contributed by atoms with Gasteiger partial charge in [-0.15, -0.1) is 0 Å². The first-order valence-corrected chi connectivity index (χ1v) is 6.18. The van der Waals surface area contributed by atoms with Crippen molar-refractivity contribution in [3.63, 3.8) is 0 Å². The van der Waals surface area contributed by atoms with Gasteiger partial charge >= 0.3 is 6.03 Å². The third kappa shape index (κ3) is 2.88. The van der Waals surface area contributed by atoms with E-state index in [-0.39, 0.29) is 25.3 Å². The summed E-state index contributed by atoms with van der Waals surface area (Å²) in [5, 5.41) is 21.3. The van der Waals surface area contributed by atoms with Gasteiger partial charge in [0.25, 0.3) is 0 Å². The van der Waals surface area contributed by atoms with Gasteiger partial charge in [0, 0.05) is 24.7 Å². The minimum atomic E-state index is -0.893. The molecule has 1 aromatic carbocycles. The van der Waals surface area contributed by atoms with E-state index in [1.165, 1.54) is 4.90 Å². The number of urea groups is 1. The molecule has 1 aromatic rings. The Kier molecular flexibility index (Phi) is 3.92. The zero-order chi connectivity index (χ0) is 14.9. The molecule has 0 saturated carbocycles. The van der Waals surface area contributed by atoms with Gasteiger partial charge in [-0.1, -0.05) is 0 Å². The molecular formula is C13H16F2N2O3. The second-order valence-electron chi connectivity index (χ2n) is 5.21. The van der Waals surface area contributed by atoms with Crippen molar-refractivity contribution in [3.8, 4) is 0 Å². The van der Waals surface area contributed by atoms with Gasteiger partial charge < -0.3 is 20.4 Å². The second-order valence-corrected chi connectivity index (χ2v) is 5.21. The smallest absolute Gasteiger partial charge is 0.322 e. The molecule has 1 aliphatic heterocycles. The Labute approximate surface area is 114 Å². The maximum atomic E-state index is 13.1. The van der Waals surface area contributed by atoms with Crippen LogP contribution in [0.1, 0.15) is 13.3 Å². The molecule has 1 heterocycles. The first-order chi connectivity index (χ1) is 9.34. The molecule has 5 nitrogen and oxygen atoms in total. The number of rotatable bonds is 2. The van der Waals surface area contributed by atoms with Gasteiger partial charge in [0.2, 0.25) is 0 Å². The van der Waals surface area contributed by atoms with Crippen LogP contribution in [0.25, 0.3) is 0 Å². The van der Waals surface area contributed by atoms with Gasteiger partial charge in [-0.2, -0.15) is 0 Å². The summed E-state index contributed by atoms with van der Waals surface area (Å²) in [5.41, 5.74) is -0.913. The van der Waals surface area contributed by atoms with Gasteiger partial charge in [-0.25, -0.2) is 13.6 Å². The molecule has 110 valence electrons. The van der Waals surface area contributed by atoms with E-state index in [0.717, 1.165) is 12.1 Å². The highest BCUT2D eigenvalue weighted by molar-refractivity contribution is 5.90. The molecule has 2 atom stereocenters. The number of hydrogen-bond acceptors (Lipinski definition) is 3. The molecule has 1 aliphatic rings. The van der Waals surface area contributed by atoms with E-state index >= 15 is 0 Å². The Hall–Kier alpha value is -1.73. The Balaban J connectivity index is 2.15. The quantitative estimate of drug-likeness (QED) is 0.767. The van der Waals surface area contributed by atoms with E-state index in [0.29, 0.717) is 6.07 Å². The maximum absolute atomic E-state index is 13.1. The van der Waals surface area contributed by atoms with E-state index < -0.39 is 29.3 Å². The lowest BCUT2D eigenvalue weighted by Crippen LogP contribution is -2.49. The summed E-state index contributed by atoms with van der Waals surface area (Å²) in [7, 11) is 0. The van der Waals surface area contributed by atoms with Gasteiger partial charge in [0.05, 0.1) is 18.2 Å². The van der Waals surface area contributed by atoms with Gasteiger partial charge in [0.15, 0.2) is 0 Å². The fraction of sp³-hybridized carbons (Fsp3) is 0.462. The van der Waals surface area contributed by atoms with Crippen LogP contribution in [0.3, 0.4) is 0 Å². The van der Waals surface area contributed by atoms with E-state index in [1.54, 1.807) is 6.92 Å². The summed E-state index contributed by atoms with van der Waals surface area (Å²) in [6, 6.07) is 2.06. The van der Waals surface area contributed by atoms with Crippen LogP contribution < -0.4 is 5.32 Å². The SMILES string of the molecule is CC1(CO)CC(O)CN1C(=O)Nc1cc(F)cc(F)c1. The number of β-amino-alcohol motifs (C(OH)–C–C–N with tert-alkyl or cyclic N) is 1. The molecule has 0 radical (unpaired) electrons. The number of carbonyl (C=O) groups excluding carboxylic acids is 1. The van der Waals surface area contributed by atoms with Crippen molar-refractivity contribution in [3.05, 3.63) is 29.8 Å². The number of aliphatic hydroxyl groups excluding tert-OH is 2. The molecular weight excluding hydrogens is 270 g/mol. The topological polar surface area (TPSA) is 72.8 Å². The van der Waals surface area contributed by atoms with E-state index in [9.17, 15) is 23.8 Å². The molecule has 0 spiro atoms. The molecule has 3 N–H and O–H groups in total. The van der Waals surface area contributed by atoms with Crippen molar-refractivity contribution in [1.82, 2.24) is 4.90 Å². The molecule has 7 heteroatoms. The molecule has 2 unspecified atom stereocenters. The molecule has 0 bridgehead atoms. The Morgan fingerprint density at radius 1 is 1.45 bits per heavy atom. The number of aliphatic hydroxyl groups is 2. The fourth-order valence-electron chi connectivity index (χ4n) is 2.41. The minimum Gasteiger partial charge on any atom is -0.394 e. The Morgan fingerprint density at radius 2 is 2.05 bits per heavy atom. The van der Waals surface area contributed by atoms with Crippen molar-refractivity contribution in [2.75, 3.05) is 18.5 Å². The number of carbonyl (C=O) groups is 1. The number of nitrogens with one attached hydrogen (secondary N) is 1. The lowest BCUT2D eigenvalue weighted by molar-refractivity contribution is 0.103. The number of likely N-dealkylation sites (tertiary alicyclic amines) is 1. The molecule has 2 amide bonds. The largest absolute Gasteiger partial charge is 0.394 e. The third-order valence-corrected chi connectivity index (χ3v) is 3.42. The van der Waals surface area contributed by atoms with Gasteiger partial charge in [-0.05, 0) is 19.1 Å². The number of anilines is 1. The minimum absolute atomic E-state index is 0.0193. The maximum Gasteiger partial charge on any atom is 0.322 e. The third-order valence-electron chi connectivity index (χ3n) is 3.42. The summed E-state index contributed by atoms with van der Waals surface area (Å²) in [6.07, 6.45) is -0.490. The van der Waals surface area contributed by atoms with Crippen LogP contribution in [0, 0.1) is 11.6 Å². The first-order valence-electron chi connectivity index (χ1n) is 6.18. The van der Waals surface area contributed by atoms with E-state index in [4.69, 9.17) is 0 Å². The van der Waals surface area contributed by atoms with Crippen molar-refractivity contribution < 1.29 is 23.8 Å². The first kappa shape index (κ1) is 14.7. The molecule has 0 aromatic heterocycles. The van der Waals surface area contributed by atoms with Crippen molar-refractivity contribution in [2.24, 2.45) is 0 Å². The van der Waals surface area contributed by atoms with Crippen molar-refractivity contribution in [1.29, 1.82) is 0 Å². The Bertz CT molecular complexity index is 506. The lowest BCUT2D eigenvalue weighted by Gasteiger charge is -2.33. The number of nitrogens with zero attached hydrogens (tertiary/aromatic N) is 1. The number of halogens is 2. The van der Waals surface area contributed by atoms with Gasteiger partial charge in [-0.3, -0.25) is 0 Å². The number of benzene rings is 1. The Morgan fingerprint density at radius 3 is 2.60 bits per heavy atom. The molecule has 1 saturated heterocycles. The summed E-state index contributed by atoms with van der Waals surface area (Å²) in [6.45, 7) is 1.38. The number of hydrogen-bond donors (Lipinski definition) is 3. The number of amides is 2. The molecule has 1 fully saturated rings. The highest BCUT2D eigenvalue weighted by Gasteiger charge is 2.43. The summed E-state index contributed by atoms with van der Waals surface area (Å²) in [4.78, 5) is 13.4.